The molecule has 1 aromatic carbocycles. The van der Waals surface area contributed by atoms with Gasteiger partial charge in [0.05, 0.1) is 6.10 Å². The molecule has 5 heteroatoms. The van der Waals surface area contributed by atoms with Crippen molar-refractivity contribution in [2.45, 2.75) is 32.2 Å². The monoisotopic (exact) mass is 234 g/mol. The summed E-state index contributed by atoms with van der Waals surface area (Å²) in [4.78, 5) is 0. The Morgan fingerprint density at radius 3 is 2.50 bits per heavy atom. The Morgan fingerprint density at radius 1 is 1.31 bits per heavy atom. The highest BCUT2D eigenvalue weighted by atomic mass is 19.4. The molecule has 0 aromatic heterocycles. The van der Waals surface area contributed by atoms with Crippen molar-refractivity contribution in [1.29, 1.82) is 0 Å². The van der Waals surface area contributed by atoms with Crippen molar-refractivity contribution in [3.8, 4) is 5.75 Å². The normalized spacial score (nSPS) is 13.6. The molecule has 0 aliphatic rings. The summed E-state index contributed by atoms with van der Waals surface area (Å²) >= 11 is 0. The summed E-state index contributed by atoms with van der Waals surface area (Å²) in [5.41, 5.74) is 0.356. The van der Waals surface area contributed by atoms with E-state index in [0.29, 0.717) is 12.0 Å². The highest BCUT2D eigenvalue weighted by Gasteiger charge is 2.32. The first kappa shape index (κ1) is 12.8. The first-order valence-electron chi connectivity index (χ1n) is 4.94. The third kappa shape index (κ3) is 4.10. The number of hydrogen-bond acceptors (Lipinski definition) is 2. The summed E-state index contributed by atoms with van der Waals surface area (Å²) in [7, 11) is 0. The number of alkyl halides is 3. The maximum absolute atomic E-state index is 12.1. The Labute approximate surface area is 91.7 Å². The van der Waals surface area contributed by atoms with E-state index in [-0.39, 0.29) is 12.2 Å². The lowest BCUT2D eigenvalue weighted by Gasteiger charge is -2.14. The molecular weight excluding hydrogens is 221 g/mol. The Bertz CT molecular complexity index is 336. The summed E-state index contributed by atoms with van der Waals surface area (Å²) in [5, 5.41) is 9.40. The molecule has 0 aliphatic carbocycles. The van der Waals surface area contributed by atoms with Gasteiger partial charge < -0.3 is 9.84 Å². The molecule has 0 saturated carbocycles. The predicted molar refractivity (Wildman–Crippen MR) is 53.1 cm³/mol. The van der Waals surface area contributed by atoms with Gasteiger partial charge in [-0.15, -0.1) is 13.2 Å². The number of rotatable bonds is 4. The van der Waals surface area contributed by atoms with Gasteiger partial charge in [0, 0.05) is 6.42 Å². The molecule has 0 saturated heterocycles. The van der Waals surface area contributed by atoms with Crippen LogP contribution in [0.4, 0.5) is 13.2 Å². The molecule has 1 atom stereocenters. The molecule has 0 fully saturated rings. The van der Waals surface area contributed by atoms with E-state index >= 15 is 0 Å². The highest BCUT2D eigenvalue weighted by molar-refractivity contribution is 5.33. The van der Waals surface area contributed by atoms with E-state index in [0.717, 1.165) is 0 Å². The van der Waals surface area contributed by atoms with Crippen molar-refractivity contribution in [1.82, 2.24) is 0 Å². The Kier molecular flexibility index (Phi) is 4.18. The van der Waals surface area contributed by atoms with Gasteiger partial charge in [-0.2, -0.15) is 0 Å². The van der Waals surface area contributed by atoms with Crippen LogP contribution in [0, 0.1) is 0 Å². The minimum atomic E-state index is -4.70. The summed E-state index contributed by atoms with van der Waals surface area (Å²) < 4.78 is 40.0. The maximum atomic E-state index is 12.1. The number of aliphatic hydroxyl groups is 1. The lowest BCUT2D eigenvalue weighted by Crippen LogP contribution is -2.19. The summed E-state index contributed by atoms with van der Waals surface area (Å²) in [6, 6.07) is 5.83. The number of ether oxygens (including phenoxy) is 1. The van der Waals surface area contributed by atoms with Gasteiger partial charge in [0.15, 0.2) is 0 Å². The van der Waals surface area contributed by atoms with E-state index in [4.69, 9.17) is 0 Å². The van der Waals surface area contributed by atoms with Crippen molar-refractivity contribution >= 4 is 0 Å². The van der Waals surface area contributed by atoms with Crippen LogP contribution in [-0.2, 0) is 6.42 Å². The zero-order valence-electron chi connectivity index (χ0n) is 8.79. The minimum absolute atomic E-state index is 0.156. The largest absolute Gasteiger partial charge is 0.573 e. The average molecular weight is 234 g/mol. The van der Waals surface area contributed by atoms with E-state index in [1.807, 2.05) is 0 Å². The quantitative estimate of drug-likeness (QED) is 0.867. The van der Waals surface area contributed by atoms with Crippen LogP contribution in [0.15, 0.2) is 24.3 Å². The molecule has 0 radical (unpaired) electrons. The van der Waals surface area contributed by atoms with E-state index in [1.54, 1.807) is 13.0 Å². The van der Waals surface area contributed by atoms with Gasteiger partial charge in [0.2, 0.25) is 0 Å². The summed E-state index contributed by atoms with van der Waals surface area (Å²) in [6.07, 6.45) is -4.71. The van der Waals surface area contributed by atoms with E-state index in [2.05, 4.69) is 4.74 Å². The van der Waals surface area contributed by atoms with Crippen molar-refractivity contribution in [3.05, 3.63) is 29.8 Å². The van der Waals surface area contributed by atoms with Gasteiger partial charge in [-0.25, -0.2) is 0 Å². The van der Waals surface area contributed by atoms with E-state index in [1.165, 1.54) is 18.2 Å². The molecule has 1 aromatic rings. The first-order valence-corrected chi connectivity index (χ1v) is 4.94. The molecular formula is C11H13F3O2. The number of halogens is 3. The Morgan fingerprint density at radius 2 is 1.94 bits per heavy atom. The van der Waals surface area contributed by atoms with Crippen molar-refractivity contribution in [2.24, 2.45) is 0 Å². The fourth-order valence-corrected chi connectivity index (χ4v) is 1.29. The second-order valence-electron chi connectivity index (χ2n) is 3.42. The Hall–Kier alpha value is -1.23. The number of para-hydroxylation sites is 1. The average Bonchev–Trinajstić information content (AvgIpc) is 2.18. The molecule has 1 rings (SSSR count). The molecule has 1 N–H and O–H groups in total. The SMILES string of the molecule is CCC(O)Cc1ccccc1OC(F)(F)F. The standard InChI is InChI=1S/C11H13F3O2/c1-2-9(15)7-8-5-3-4-6-10(8)16-11(12,13)14/h3-6,9,15H,2,7H2,1H3. The zero-order chi connectivity index (χ0) is 12.2. The molecule has 1 unspecified atom stereocenters. The molecule has 0 heterocycles. The van der Waals surface area contributed by atoms with Crippen molar-refractivity contribution in [2.75, 3.05) is 0 Å². The molecule has 2 nitrogen and oxygen atoms in total. The van der Waals surface area contributed by atoms with Gasteiger partial charge in [-0.1, -0.05) is 25.1 Å². The van der Waals surface area contributed by atoms with Crippen LogP contribution in [-0.4, -0.2) is 17.6 Å². The lowest BCUT2D eigenvalue weighted by atomic mass is 10.1. The third-order valence-electron chi connectivity index (χ3n) is 2.13. The molecule has 0 amide bonds. The lowest BCUT2D eigenvalue weighted by molar-refractivity contribution is -0.275. The first-order chi connectivity index (χ1) is 7.42. The predicted octanol–water partition coefficient (Wildman–Crippen LogP) is 2.90. The summed E-state index contributed by atoms with van der Waals surface area (Å²) in [6.45, 7) is 1.76. The van der Waals surface area contributed by atoms with Crippen LogP contribution in [0.25, 0.3) is 0 Å². The molecule has 0 aliphatic heterocycles. The number of aliphatic hydroxyl groups excluding tert-OH is 1. The van der Waals surface area contributed by atoms with Crippen molar-refractivity contribution < 1.29 is 23.0 Å². The van der Waals surface area contributed by atoms with Gasteiger partial charge in [-0.3, -0.25) is 0 Å². The fourth-order valence-electron chi connectivity index (χ4n) is 1.29. The smallest absolute Gasteiger partial charge is 0.406 e. The van der Waals surface area contributed by atoms with Gasteiger partial charge >= 0.3 is 6.36 Å². The second-order valence-corrected chi connectivity index (χ2v) is 3.42. The van der Waals surface area contributed by atoms with Gasteiger partial charge in [0.1, 0.15) is 5.75 Å². The van der Waals surface area contributed by atoms with E-state index in [9.17, 15) is 18.3 Å². The Balaban J connectivity index is 2.83. The van der Waals surface area contributed by atoms with Crippen LogP contribution < -0.4 is 4.74 Å². The van der Waals surface area contributed by atoms with Gasteiger partial charge in [0.25, 0.3) is 0 Å². The maximum Gasteiger partial charge on any atom is 0.573 e. The van der Waals surface area contributed by atoms with Crippen LogP contribution in [0.3, 0.4) is 0 Å². The van der Waals surface area contributed by atoms with Crippen LogP contribution >= 0.6 is 0 Å². The van der Waals surface area contributed by atoms with E-state index < -0.39 is 12.5 Å². The van der Waals surface area contributed by atoms with Crippen molar-refractivity contribution in [3.63, 3.8) is 0 Å². The summed E-state index contributed by atoms with van der Waals surface area (Å²) in [5.74, 6) is -0.248. The topological polar surface area (TPSA) is 29.5 Å². The molecule has 0 bridgehead atoms. The number of hydrogen-bond donors (Lipinski definition) is 1. The molecule has 0 spiro atoms. The highest BCUT2D eigenvalue weighted by Crippen LogP contribution is 2.27. The second kappa shape index (κ2) is 5.21. The van der Waals surface area contributed by atoms with Gasteiger partial charge in [-0.05, 0) is 18.1 Å². The van der Waals surface area contributed by atoms with Crippen LogP contribution in [0.5, 0.6) is 5.75 Å². The van der Waals surface area contributed by atoms with Crippen LogP contribution in [0.1, 0.15) is 18.9 Å². The number of benzene rings is 1. The fraction of sp³-hybridized carbons (Fsp3) is 0.455. The molecule has 90 valence electrons. The zero-order valence-corrected chi connectivity index (χ0v) is 8.79. The minimum Gasteiger partial charge on any atom is -0.406 e. The van der Waals surface area contributed by atoms with Crippen LogP contribution in [0.2, 0.25) is 0 Å². The molecule has 16 heavy (non-hydrogen) atoms. The third-order valence-corrected chi connectivity index (χ3v) is 2.13.